The van der Waals surface area contributed by atoms with Crippen molar-refractivity contribution < 1.29 is 9.59 Å². The molecule has 0 atom stereocenters. The van der Waals surface area contributed by atoms with Crippen molar-refractivity contribution in [3.8, 4) is 0 Å². The van der Waals surface area contributed by atoms with E-state index in [0.29, 0.717) is 18.9 Å². The van der Waals surface area contributed by atoms with Crippen LogP contribution in [0.3, 0.4) is 0 Å². The minimum Gasteiger partial charge on any atom is -0.352 e. The molecule has 1 aliphatic rings. The molecule has 6 heteroatoms. The maximum absolute atomic E-state index is 12.0. The minimum atomic E-state index is -0.435. The summed E-state index contributed by atoms with van der Waals surface area (Å²) in [5, 5.41) is 2.69. The summed E-state index contributed by atoms with van der Waals surface area (Å²) in [4.78, 5) is 25.2. The fourth-order valence-electron chi connectivity index (χ4n) is 3.05. The van der Waals surface area contributed by atoms with Gasteiger partial charge in [-0.25, -0.2) is 4.79 Å². The first kappa shape index (κ1) is 20.5. The molecule has 1 aliphatic heterocycles. The van der Waals surface area contributed by atoms with Gasteiger partial charge in [-0.05, 0) is 51.2 Å². The highest BCUT2D eigenvalue weighted by molar-refractivity contribution is 5.95. The number of nitrogens with one attached hydrogen (secondary N) is 1. The highest BCUT2D eigenvalue weighted by Crippen LogP contribution is 2.17. The van der Waals surface area contributed by atoms with Crippen molar-refractivity contribution in [2.75, 3.05) is 26.2 Å². The number of urea groups is 1. The second-order valence-corrected chi connectivity index (χ2v) is 6.28. The maximum Gasteiger partial charge on any atom is 0.312 e. The molecule has 1 aromatic rings. The van der Waals surface area contributed by atoms with E-state index in [4.69, 9.17) is 5.73 Å². The molecule has 5 nitrogen and oxygen atoms in total. The zero-order valence-electron chi connectivity index (χ0n) is 14.1. The average Bonchev–Trinajstić information content (AvgIpc) is 2.58. The molecule has 0 aromatic heterocycles. The molecule has 24 heavy (non-hydrogen) atoms. The van der Waals surface area contributed by atoms with Crippen molar-refractivity contribution in [2.45, 2.75) is 32.1 Å². The normalized spacial score (nSPS) is 15.5. The van der Waals surface area contributed by atoms with Gasteiger partial charge in [-0.2, -0.15) is 0 Å². The van der Waals surface area contributed by atoms with Gasteiger partial charge in [-0.3, -0.25) is 4.79 Å². The van der Waals surface area contributed by atoms with Crippen LogP contribution in [0.4, 0.5) is 4.79 Å². The van der Waals surface area contributed by atoms with Gasteiger partial charge in [-0.15, -0.1) is 12.4 Å². The molecule has 0 bridgehead atoms. The van der Waals surface area contributed by atoms with E-state index in [2.05, 4.69) is 10.2 Å². The van der Waals surface area contributed by atoms with Gasteiger partial charge in [0.15, 0.2) is 5.78 Å². The molecule has 1 saturated heterocycles. The third-order valence-corrected chi connectivity index (χ3v) is 4.50. The van der Waals surface area contributed by atoms with Crippen LogP contribution < -0.4 is 11.1 Å². The first-order chi connectivity index (χ1) is 11.1. The van der Waals surface area contributed by atoms with Crippen LogP contribution in [0.1, 0.15) is 42.5 Å². The molecular weight excluding hydrogens is 326 g/mol. The Morgan fingerprint density at radius 2 is 1.79 bits per heavy atom. The average molecular weight is 354 g/mol. The number of unbranched alkanes of at least 4 members (excludes halogenated alkanes) is 1. The number of halogens is 1. The van der Waals surface area contributed by atoms with Crippen LogP contribution >= 0.6 is 12.4 Å². The number of nitrogens with two attached hydrogens (primary N) is 1. The number of carbonyl (C=O) groups excluding carboxylic acids is 2. The van der Waals surface area contributed by atoms with Crippen molar-refractivity contribution in [1.29, 1.82) is 0 Å². The Morgan fingerprint density at radius 3 is 2.42 bits per heavy atom. The number of rotatable bonds is 8. The fraction of sp³-hybridized carbons (Fsp3) is 0.556. The molecule has 1 heterocycles. The maximum atomic E-state index is 12.0. The predicted molar refractivity (Wildman–Crippen MR) is 98.6 cm³/mol. The monoisotopic (exact) mass is 353 g/mol. The van der Waals surface area contributed by atoms with E-state index in [1.54, 1.807) is 0 Å². The van der Waals surface area contributed by atoms with E-state index < -0.39 is 6.03 Å². The smallest absolute Gasteiger partial charge is 0.312 e. The van der Waals surface area contributed by atoms with Crippen molar-refractivity contribution in [2.24, 2.45) is 11.7 Å². The molecule has 134 valence electrons. The zero-order valence-corrected chi connectivity index (χ0v) is 14.9. The summed E-state index contributed by atoms with van der Waals surface area (Å²) < 4.78 is 0. The number of Topliss-reactive ketones (excluding diaryl/α,β-unsaturated/α-hetero) is 1. The molecule has 0 saturated carbocycles. The fourth-order valence-corrected chi connectivity index (χ4v) is 3.05. The molecule has 1 aromatic carbocycles. The largest absolute Gasteiger partial charge is 0.352 e. The summed E-state index contributed by atoms with van der Waals surface area (Å²) in [5.41, 5.74) is 5.91. The van der Waals surface area contributed by atoms with Gasteiger partial charge in [0.1, 0.15) is 0 Å². The number of likely N-dealkylation sites (tertiary alicyclic amines) is 1. The minimum absolute atomic E-state index is 0. The van der Waals surface area contributed by atoms with Gasteiger partial charge >= 0.3 is 6.03 Å². The number of piperidine rings is 1. The van der Waals surface area contributed by atoms with E-state index in [1.165, 1.54) is 0 Å². The third kappa shape index (κ3) is 7.32. The van der Waals surface area contributed by atoms with E-state index in [-0.39, 0.29) is 18.2 Å². The Labute approximate surface area is 150 Å². The number of carbonyl (C=O) groups is 2. The molecule has 0 unspecified atom stereocenters. The van der Waals surface area contributed by atoms with Crippen LogP contribution in [0, 0.1) is 5.92 Å². The van der Waals surface area contributed by atoms with Crippen LogP contribution in [-0.2, 0) is 0 Å². The Balaban J connectivity index is 0.00000288. The second-order valence-electron chi connectivity index (χ2n) is 6.28. The van der Waals surface area contributed by atoms with Crippen LogP contribution in [0.2, 0.25) is 0 Å². The van der Waals surface area contributed by atoms with Crippen molar-refractivity contribution in [3.05, 3.63) is 35.9 Å². The van der Waals surface area contributed by atoms with Gasteiger partial charge in [0.05, 0.1) is 0 Å². The Kier molecular flexibility index (Phi) is 9.42. The summed E-state index contributed by atoms with van der Waals surface area (Å²) in [7, 11) is 0. The summed E-state index contributed by atoms with van der Waals surface area (Å²) in [6, 6.07) is 9.07. The van der Waals surface area contributed by atoms with E-state index in [9.17, 15) is 9.59 Å². The standard InChI is InChI=1S/C18H27N3O2.ClH/c19-18(23)20-14-15-9-12-21(13-10-15)11-5-4-8-17(22)16-6-2-1-3-7-16;/h1-3,6-7,15H,4-5,8-14H2,(H3,19,20,23);1H. The van der Waals surface area contributed by atoms with Gasteiger partial charge < -0.3 is 16.0 Å². The highest BCUT2D eigenvalue weighted by Gasteiger charge is 2.19. The summed E-state index contributed by atoms with van der Waals surface area (Å²) in [6.45, 7) is 3.88. The number of ketones is 1. The van der Waals surface area contributed by atoms with E-state index >= 15 is 0 Å². The van der Waals surface area contributed by atoms with Gasteiger partial charge in [0.2, 0.25) is 0 Å². The molecule has 1 fully saturated rings. The molecule has 0 aliphatic carbocycles. The first-order valence-electron chi connectivity index (χ1n) is 8.49. The van der Waals surface area contributed by atoms with Crippen LogP contribution in [0.25, 0.3) is 0 Å². The van der Waals surface area contributed by atoms with Gasteiger partial charge in [-0.1, -0.05) is 30.3 Å². The lowest BCUT2D eigenvalue weighted by molar-refractivity contribution is 0.0976. The molecule has 2 amide bonds. The van der Waals surface area contributed by atoms with Crippen molar-refractivity contribution in [1.82, 2.24) is 10.2 Å². The number of amides is 2. The topological polar surface area (TPSA) is 75.4 Å². The molecule has 0 radical (unpaired) electrons. The molecular formula is C18H28ClN3O2. The SMILES string of the molecule is Cl.NC(=O)NCC1CCN(CCCCC(=O)c2ccccc2)CC1. The molecule has 3 N–H and O–H groups in total. The van der Waals surface area contributed by atoms with E-state index in [0.717, 1.165) is 50.9 Å². The Hall–Kier alpha value is -1.59. The van der Waals surface area contributed by atoms with Gasteiger partial charge in [0, 0.05) is 18.5 Å². The Morgan fingerprint density at radius 1 is 1.12 bits per heavy atom. The summed E-state index contributed by atoms with van der Waals surface area (Å²) in [5.74, 6) is 0.778. The lowest BCUT2D eigenvalue weighted by Gasteiger charge is -2.31. The number of hydrogen-bond donors (Lipinski definition) is 2. The van der Waals surface area contributed by atoms with Crippen molar-refractivity contribution in [3.63, 3.8) is 0 Å². The first-order valence-corrected chi connectivity index (χ1v) is 8.49. The van der Waals surface area contributed by atoms with Crippen LogP contribution in [-0.4, -0.2) is 42.9 Å². The lowest BCUT2D eigenvalue weighted by Crippen LogP contribution is -2.40. The summed E-state index contributed by atoms with van der Waals surface area (Å²) >= 11 is 0. The van der Waals surface area contributed by atoms with Crippen LogP contribution in [0.5, 0.6) is 0 Å². The number of primary amides is 1. The molecule has 0 spiro atoms. The quantitative estimate of drug-likeness (QED) is 0.557. The van der Waals surface area contributed by atoms with Gasteiger partial charge in [0.25, 0.3) is 0 Å². The third-order valence-electron chi connectivity index (χ3n) is 4.50. The van der Waals surface area contributed by atoms with E-state index in [1.807, 2.05) is 30.3 Å². The summed E-state index contributed by atoms with van der Waals surface area (Å²) in [6.07, 6.45) is 4.83. The Bertz CT molecular complexity index is 502. The van der Waals surface area contributed by atoms with Crippen molar-refractivity contribution >= 4 is 24.2 Å². The number of benzene rings is 1. The highest BCUT2D eigenvalue weighted by atomic mass is 35.5. The second kappa shape index (κ2) is 11.0. The zero-order chi connectivity index (χ0) is 16.5. The number of nitrogens with zero attached hydrogens (tertiary/aromatic N) is 1. The predicted octanol–water partition coefficient (Wildman–Crippen LogP) is 2.84. The van der Waals surface area contributed by atoms with Crippen LogP contribution in [0.15, 0.2) is 30.3 Å². The lowest BCUT2D eigenvalue weighted by atomic mass is 9.96. The molecule has 2 rings (SSSR count). The number of hydrogen-bond acceptors (Lipinski definition) is 3.